The molecule has 1 heterocycles. The summed E-state index contributed by atoms with van der Waals surface area (Å²) in [4.78, 5) is 13.6. The van der Waals surface area contributed by atoms with Crippen LogP contribution in [0.1, 0.15) is 6.92 Å². The molecule has 0 saturated carbocycles. The zero-order valence-corrected chi connectivity index (χ0v) is 13.0. The summed E-state index contributed by atoms with van der Waals surface area (Å²) in [5.74, 6) is 1.39. The SMILES string of the molecule is CC(CO)CSCC(=O)N1CCN(S(C)(=O)=O)CC1. The summed E-state index contributed by atoms with van der Waals surface area (Å²) in [6.45, 7) is 3.74. The Bertz CT molecular complexity index is 391. The highest BCUT2D eigenvalue weighted by Crippen LogP contribution is 2.11. The molecule has 1 rings (SSSR count). The smallest absolute Gasteiger partial charge is 0.232 e. The molecule has 1 fully saturated rings. The maximum atomic E-state index is 11.9. The highest BCUT2D eigenvalue weighted by atomic mass is 32.2. The van der Waals surface area contributed by atoms with E-state index in [0.29, 0.717) is 31.9 Å². The van der Waals surface area contributed by atoms with Crippen molar-refractivity contribution in [3.8, 4) is 0 Å². The van der Waals surface area contributed by atoms with Gasteiger partial charge in [-0.3, -0.25) is 4.79 Å². The number of aliphatic hydroxyl groups is 1. The van der Waals surface area contributed by atoms with Crippen LogP contribution in [-0.4, -0.2) is 79.2 Å². The fourth-order valence-electron chi connectivity index (χ4n) is 1.76. The molecule has 1 aliphatic heterocycles. The second-order valence-corrected chi connectivity index (χ2v) is 7.86. The van der Waals surface area contributed by atoms with E-state index in [-0.39, 0.29) is 18.4 Å². The first-order valence-corrected chi connectivity index (χ1v) is 9.26. The minimum absolute atomic E-state index is 0.0447. The van der Waals surface area contributed by atoms with Crippen LogP contribution in [0, 0.1) is 5.92 Å². The molecule has 0 aromatic carbocycles. The minimum Gasteiger partial charge on any atom is -0.396 e. The summed E-state index contributed by atoms with van der Waals surface area (Å²) >= 11 is 1.51. The number of nitrogens with zero attached hydrogens (tertiary/aromatic N) is 2. The molecule has 1 N–H and O–H groups in total. The highest BCUT2D eigenvalue weighted by molar-refractivity contribution is 7.99. The van der Waals surface area contributed by atoms with Crippen molar-refractivity contribution in [2.45, 2.75) is 6.92 Å². The monoisotopic (exact) mass is 310 g/mol. The molecular formula is C11H22N2O4S2. The lowest BCUT2D eigenvalue weighted by Crippen LogP contribution is -2.50. The second kappa shape index (κ2) is 7.47. The molecule has 1 unspecified atom stereocenters. The van der Waals surface area contributed by atoms with Crippen LogP contribution in [0.25, 0.3) is 0 Å². The van der Waals surface area contributed by atoms with Crippen molar-refractivity contribution in [2.75, 3.05) is 50.5 Å². The van der Waals surface area contributed by atoms with Crippen molar-refractivity contribution < 1.29 is 18.3 Å². The van der Waals surface area contributed by atoms with Crippen LogP contribution in [-0.2, 0) is 14.8 Å². The number of carbonyl (C=O) groups excluding carboxylic acids is 1. The predicted octanol–water partition coefficient (Wildman–Crippen LogP) is -0.548. The first kappa shape index (κ1) is 16.7. The third-order valence-electron chi connectivity index (χ3n) is 3.00. The van der Waals surface area contributed by atoms with Crippen molar-refractivity contribution >= 4 is 27.7 Å². The molecular weight excluding hydrogens is 288 g/mol. The summed E-state index contributed by atoms with van der Waals surface area (Å²) in [5, 5.41) is 8.88. The Balaban J connectivity index is 2.29. The Morgan fingerprint density at radius 1 is 1.32 bits per heavy atom. The lowest BCUT2D eigenvalue weighted by Gasteiger charge is -2.33. The molecule has 1 amide bonds. The van der Waals surface area contributed by atoms with Crippen molar-refractivity contribution in [3.63, 3.8) is 0 Å². The molecule has 0 spiro atoms. The fraction of sp³-hybridized carbons (Fsp3) is 0.909. The van der Waals surface area contributed by atoms with Gasteiger partial charge in [-0.25, -0.2) is 8.42 Å². The van der Waals surface area contributed by atoms with Crippen LogP contribution in [0.4, 0.5) is 0 Å². The van der Waals surface area contributed by atoms with Gasteiger partial charge in [-0.1, -0.05) is 6.92 Å². The summed E-state index contributed by atoms with van der Waals surface area (Å²) in [6.07, 6.45) is 1.19. The lowest BCUT2D eigenvalue weighted by atomic mass is 10.2. The Morgan fingerprint density at radius 3 is 2.37 bits per heavy atom. The minimum atomic E-state index is -3.14. The predicted molar refractivity (Wildman–Crippen MR) is 76.6 cm³/mol. The number of rotatable bonds is 6. The number of aliphatic hydroxyl groups excluding tert-OH is 1. The van der Waals surface area contributed by atoms with Crippen LogP contribution < -0.4 is 0 Å². The molecule has 112 valence electrons. The summed E-state index contributed by atoms with van der Waals surface area (Å²) in [5.41, 5.74) is 0. The summed E-state index contributed by atoms with van der Waals surface area (Å²) in [6, 6.07) is 0. The topological polar surface area (TPSA) is 77.9 Å². The van der Waals surface area contributed by atoms with Crippen LogP contribution in [0.2, 0.25) is 0 Å². The van der Waals surface area contributed by atoms with Crippen molar-refractivity contribution in [1.29, 1.82) is 0 Å². The van der Waals surface area contributed by atoms with E-state index in [4.69, 9.17) is 5.11 Å². The molecule has 0 aliphatic carbocycles. The maximum Gasteiger partial charge on any atom is 0.232 e. The quantitative estimate of drug-likeness (QED) is 0.712. The van der Waals surface area contributed by atoms with E-state index in [2.05, 4.69) is 0 Å². The van der Waals surface area contributed by atoms with Crippen LogP contribution >= 0.6 is 11.8 Å². The van der Waals surface area contributed by atoms with Crippen molar-refractivity contribution in [1.82, 2.24) is 9.21 Å². The molecule has 1 saturated heterocycles. The number of carbonyl (C=O) groups is 1. The van der Waals surface area contributed by atoms with Gasteiger partial charge in [0.15, 0.2) is 0 Å². The fourth-order valence-corrected chi connectivity index (χ4v) is 3.57. The zero-order chi connectivity index (χ0) is 14.5. The van der Waals surface area contributed by atoms with Gasteiger partial charge in [-0.2, -0.15) is 16.1 Å². The molecule has 0 bridgehead atoms. The van der Waals surface area contributed by atoms with E-state index in [0.717, 1.165) is 5.75 Å². The van der Waals surface area contributed by atoms with E-state index in [1.807, 2.05) is 6.92 Å². The Kier molecular flexibility index (Phi) is 6.58. The van der Waals surface area contributed by atoms with E-state index in [9.17, 15) is 13.2 Å². The molecule has 0 radical (unpaired) electrons. The lowest BCUT2D eigenvalue weighted by molar-refractivity contribution is -0.129. The second-order valence-electron chi connectivity index (χ2n) is 4.85. The average Bonchev–Trinajstić information content (AvgIpc) is 2.37. The highest BCUT2D eigenvalue weighted by Gasteiger charge is 2.25. The molecule has 8 heteroatoms. The zero-order valence-electron chi connectivity index (χ0n) is 11.4. The standard InChI is InChI=1S/C11H22N2O4S2/c1-10(7-14)8-18-9-11(15)12-3-5-13(6-4-12)19(2,16)17/h10,14H,3-9H2,1-2H3. The van der Waals surface area contributed by atoms with Crippen LogP contribution in [0.15, 0.2) is 0 Å². The van der Waals surface area contributed by atoms with Crippen molar-refractivity contribution in [3.05, 3.63) is 0 Å². The normalized spacial score (nSPS) is 19.4. The number of piperazine rings is 1. The third kappa shape index (κ3) is 5.68. The van der Waals surface area contributed by atoms with Gasteiger partial charge < -0.3 is 10.0 Å². The number of amides is 1. The maximum absolute atomic E-state index is 11.9. The van der Waals surface area contributed by atoms with Gasteiger partial charge in [0.25, 0.3) is 0 Å². The molecule has 19 heavy (non-hydrogen) atoms. The van der Waals surface area contributed by atoms with Gasteiger partial charge in [0.2, 0.25) is 15.9 Å². The Hall–Kier alpha value is -0.310. The van der Waals surface area contributed by atoms with Gasteiger partial charge in [-0.15, -0.1) is 0 Å². The van der Waals surface area contributed by atoms with Crippen LogP contribution in [0.3, 0.4) is 0 Å². The van der Waals surface area contributed by atoms with Gasteiger partial charge in [0.1, 0.15) is 0 Å². The van der Waals surface area contributed by atoms with E-state index < -0.39 is 10.0 Å². The molecule has 1 aliphatic rings. The third-order valence-corrected chi connectivity index (χ3v) is 5.56. The Labute approximate surface area is 119 Å². The molecule has 0 aromatic heterocycles. The molecule has 1 atom stereocenters. The van der Waals surface area contributed by atoms with Gasteiger partial charge >= 0.3 is 0 Å². The van der Waals surface area contributed by atoms with Crippen molar-refractivity contribution in [2.24, 2.45) is 5.92 Å². The average molecular weight is 310 g/mol. The van der Waals surface area contributed by atoms with E-state index >= 15 is 0 Å². The first-order chi connectivity index (χ1) is 8.84. The van der Waals surface area contributed by atoms with Gasteiger partial charge in [0.05, 0.1) is 12.0 Å². The van der Waals surface area contributed by atoms with Gasteiger partial charge in [-0.05, 0) is 11.7 Å². The Morgan fingerprint density at radius 2 is 1.89 bits per heavy atom. The summed E-state index contributed by atoms with van der Waals surface area (Å²) in [7, 11) is -3.14. The molecule has 0 aromatic rings. The number of hydrogen-bond donors (Lipinski definition) is 1. The van der Waals surface area contributed by atoms with E-state index in [1.54, 1.807) is 4.90 Å². The van der Waals surface area contributed by atoms with Crippen LogP contribution in [0.5, 0.6) is 0 Å². The first-order valence-electron chi connectivity index (χ1n) is 6.26. The number of hydrogen-bond acceptors (Lipinski definition) is 5. The molecule has 6 nitrogen and oxygen atoms in total. The number of thioether (sulfide) groups is 1. The summed E-state index contributed by atoms with van der Waals surface area (Å²) < 4.78 is 24.1. The van der Waals surface area contributed by atoms with E-state index in [1.165, 1.54) is 22.3 Å². The largest absolute Gasteiger partial charge is 0.396 e. The van der Waals surface area contributed by atoms with Gasteiger partial charge in [0, 0.05) is 32.8 Å². The number of sulfonamides is 1.